The van der Waals surface area contributed by atoms with Crippen molar-refractivity contribution in [2.45, 2.75) is 112 Å². The minimum Gasteiger partial charge on any atom is -0.456 e. The summed E-state index contributed by atoms with van der Waals surface area (Å²) in [5, 5.41) is 17.8. The molecule has 0 aliphatic carbocycles. The summed E-state index contributed by atoms with van der Waals surface area (Å²) in [6.45, 7) is 17.5. The summed E-state index contributed by atoms with van der Waals surface area (Å²) in [4.78, 5) is 73.0. The van der Waals surface area contributed by atoms with E-state index in [1.54, 1.807) is 69.7 Å². The average Bonchev–Trinajstić information content (AvgIpc) is 1.62. The Morgan fingerprint density at radius 2 is 1.00 bits per heavy atom. The molecule has 2 aliphatic rings. The summed E-state index contributed by atoms with van der Waals surface area (Å²) < 4.78 is 15.0. The quantitative estimate of drug-likeness (QED) is 0.0831. The summed E-state index contributed by atoms with van der Waals surface area (Å²) in [6, 6.07) is 44.8. The van der Waals surface area contributed by atoms with Crippen LogP contribution in [0.5, 0.6) is 0 Å². The molecule has 90 heavy (non-hydrogen) atoms. The molecule has 21 heteroatoms. The molecule has 12 rings (SSSR count). The number of ether oxygens (including phenoxy) is 2. The maximum Gasteiger partial charge on any atom is 0.338 e. The van der Waals surface area contributed by atoms with Crippen LogP contribution in [0.1, 0.15) is 130 Å². The van der Waals surface area contributed by atoms with Crippen LogP contribution in [0.2, 0.25) is 0 Å². The first kappa shape index (κ1) is 64.5. The molecule has 8 heterocycles. The molecule has 10 aromatic rings. The summed E-state index contributed by atoms with van der Waals surface area (Å²) in [6.07, 6.45) is 11.6. The van der Waals surface area contributed by atoms with Crippen LogP contribution in [0.3, 0.4) is 0 Å². The molecule has 20 nitrogen and oxygen atoms in total. The van der Waals surface area contributed by atoms with Crippen molar-refractivity contribution in [2.75, 3.05) is 44.6 Å². The number of nitrogens with one attached hydrogen (secondary N) is 3. The van der Waals surface area contributed by atoms with E-state index in [-0.39, 0.29) is 19.2 Å². The largest absolute Gasteiger partial charge is 0.456 e. The number of carbonyl (C=O) groups is 4. The Kier molecular flexibility index (Phi) is 20.0. The van der Waals surface area contributed by atoms with Crippen LogP contribution in [0.4, 0.5) is 40.3 Å². The molecular formula is C69H75BrN14O6. The predicted octanol–water partition coefficient (Wildman–Crippen LogP) is 14.4. The number of hydrogen-bond donors (Lipinski definition) is 4. The van der Waals surface area contributed by atoms with Crippen LogP contribution in [-0.2, 0) is 9.47 Å². The van der Waals surface area contributed by atoms with Crippen molar-refractivity contribution in [3.63, 3.8) is 0 Å². The number of nitrogen functional groups attached to an aromatic ring is 1. The number of rotatable bonds is 12. The molecule has 464 valence electrons. The molecule has 2 amide bonds. The number of carbonyl (C=O) groups excluding carboxylic acids is 4. The molecule has 0 radical (unpaired) electrons. The number of aromatic nitrogens is 8. The Morgan fingerprint density at radius 1 is 0.544 bits per heavy atom. The van der Waals surface area contributed by atoms with Crippen LogP contribution in [0.25, 0.3) is 33.5 Å². The van der Waals surface area contributed by atoms with Crippen molar-refractivity contribution in [2.24, 2.45) is 0 Å². The standard InChI is InChI=1S/C34H35N7O3.C24H21BrN4O3.C10H15N3.CH4/c1-22-8-7-17-40(22)30-12-6-11-29(39-30)38-28-19-26(20-41-31(28)35-21-36-41)24-9-5-10-25(18-24)32(42)37-27-15-13-23(14-16-27)33(43)44-34(2,3)4;1-24(2,3)32-23(31)15-7-9-19(10-8-15)28-22(30)17-6-4-5-16(11-17)18-12-20(25)21-26-14-27-29(21)13-18;1-8-4-3-7-13(8)10-6-2-5-9(11)12-10;/h5-6,9-16,18-22H,7-8,17H2,1-4H3,(H,37,42)(H,38,39);4-14H,1-3H3,(H,28,30);2,5-6,8H,3-4,7H2,1H3,(H2,11,12);1H4. The molecule has 0 saturated carbocycles. The van der Waals surface area contributed by atoms with E-state index in [4.69, 9.17) is 20.2 Å². The van der Waals surface area contributed by atoms with Gasteiger partial charge >= 0.3 is 11.9 Å². The Morgan fingerprint density at radius 3 is 1.48 bits per heavy atom. The lowest BCUT2D eigenvalue weighted by molar-refractivity contribution is 0.00570. The molecule has 2 fully saturated rings. The highest BCUT2D eigenvalue weighted by molar-refractivity contribution is 9.10. The Labute approximate surface area is 532 Å². The Hall–Kier alpha value is -10.0. The third kappa shape index (κ3) is 16.4. The van der Waals surface area contributed by atoms with Crippen molar-refractivity contribution in [3.8, 4) is 22.3 Å². The number of benzene rings is 4. The lowest BCUT2D eigenvalue weighted by Gasteiger charge is -2.23. The van der Waals surface area contributed by atoms with E-state index in [0.29, 0.717) is 57.2 Å². The van der Waals surface area contributed by atoms with Crippen LogP contribution >= 0.6 is 15.9 Å². The monoisotopic (exact) mass is 1270 g/mol. The maximum absolute atomic E-state index is 13.2. The smallest absolute Gasteiger partial charge is 0.338 e. The highest BCUT2D eigenvalue weighted by Crippen LogP contribution is 2.32. The van der Waals surface area contributed by atoms with Gasteiger partial charge in [-0.05, 0) is 217 Å². The van der Waals surface area contributed by atoms with Gasteiger partial charge in [0.1, 0.15) is 47.1 Å². The summed E-state index contributed by atoms with van der Waals surface area (Å²) in [5.41, 5.74) is 13.1. The zero-order chi connectivity index (χ0) is 63.0. The molecule has 0 spiro atoms. The second kappa shape index (κ2) is 28.0. The zero-order valence-electron chi connectivity index (χ0n) is 50.9. The zero-order valence-corrected chi connectivity index (χ0v) is 52.5. The van der Waals surface area contributed by atoms with Crippen LogP contribution in [-0.4, -0.2) is 99.3 Å². The Balaban J connectivity index is 0.000000181. The van der Waals surface area contributed by atoms with Crippen molar-refractivity contribution in [1.82, 2.24) is 39.2 Å². The van der Waals surface area contributed by atoms with E-state index in [0.717, 1.165) is 68.6 Å². The number of nitrogens with two attached hydrogens (primary N) is 1. The first-order valence-electron chi connectivity index (χ1n) is 29.4. The van der Waals surface area contributed by atoms with Crippen LogP contribution in [0.15, 0.2) is 175 Å². The predicted molar refractivity (Wildman–Crippen MR) is 359 cm³/mol. The van der Waals surface area contributed by atoms with Gasteiger partial charge in [0.05, 0.1) is 21.3 Å². The fourth-order valence-electron chi connectivity index (χ4n) is 10.3. The number of hydrogen-bond acceptors (Lipinski definition) is 16. The van der Waals surface area contributed by atoms with Crippen LogP contribution in [0, 0.1) is 0 Å². The highest BCUT2D eigenvalue weighted by atomic mass is 79.9. The minimum absolute atomic E-state index is 0. The molecule has 5 N–H and O–H groups in total. The number of anilines is 7. The van der Waals surface area contributed by atoms with Gasteiger partial charge in [0, 0.05) is 71.2 Å². The number of fused-ring (bicyclic) bond motifs is 2. The second-order valence-electron chi connectivity index (χ2n) is 23.8. The number of amides is 2. The van der Waals surface area contributed by atoms with E-state index < -0.39 is 23.1 Å². The van der Waals surface area contributed by atoms with Crippen molar-refractivity contribution in [1.29, 1.82) is 0 Å². The summed E-state index contributed by atoms with van der Waals surface area (Å²) >= 11 is 3.51. The van der Waals surface area contributed by atoms with Gasteiger partial charge in [0.25, 0.3) is 11.8 Å². The van der Waals surface area contributed by atoms with Crippen molar-refractivity contribution < 1.29 is 28.7 Å². The first-order chi connectivity index (χ1) is 42.6. The molecule has 2 atom stereocenters. The van der Waals surface area contributed by atoms with Crippen molar-refractivity contribution in [3.05, 3.63) is 197 Å². The van der Waals surface area contributed by atoms with Gasteiger partial charge in [-0.25, -0.2) is 38.6 Å². The van der Waals surface area contributed by atoms with Crippen molar-refractivity contribution >= 4 is 91.3 Å². The van der Waals surface area contributed by atoms with Gasteiger partial charge in [-0.2, -0.15) is 10.2 Å². The molecule has 4 aromatic carbocycles. The maximum atomic E-state index is 13.2. The Bertz CT molecular complexity index is 4180. The van der Waals surface area contributed by atoms with Gasteiger partial charge < -0.3 is 41.0 Å². The van der Waals surface area contributed by atoms with E-state index >= 15 is 0 Å². The third-order valence-corrected chi connectivity index (χ3v) is 15.2. The number of halogens is 1. The van der Waals surface area contributed by atoms with Crippen LogP contribution < -0.4 is 31.5 Å². The van der Waals surface area contributed by atoms with Gasteiger partial charge in [0.15, 0.2) is 11.3 Å². The lowest BCUT2D eigenvalue weighted by Crippen LogP contribution is -2.27. The fourth-order valence-corrected chi connectivity index (χ4v) is 10.8. The van der Waals surface area contributed by atoms with E-state index in [1.807, 2.05) is 139 Å². The van der Waals surface area contributed by atoms with E-state index in [9.17, 15) is 19.2 Å². The highest BCUT2D eigenvalue weighted by Gasteiger charge is 2.24. The topological polar surface area (TPSA) is 241 Å². The average molecular weight is 1280 g/mol. The second-order valence-corrected chi connectivity index (χ2v) is 24.7. The lowest BCUT2D eigenvalue weighted by atomic mass is 10.0. The van der Waals surface area contributed by atoms with Gasteiger partial charge in [-0.3, -0.25) is 9.59 Å². The molecule has 2 unspecified atom stereocenters. The third-order valence-electron chi connectivity index (χ3n) is 14.6. The normalized spacial score (nSPS) is 14.5. The molecule has 2 aliphatic heterocycles. The minimum atomic E-state index is -0.585. The first-order valence-corrected chi connectivity index (χ1v) is 30.2. The number of nitrogens with zero attached hydrogens (tertiary/aromatic N) is 10. The number of esters is 2. The molecule has 2 saturated heterocycles. The molecular weight excluding hydrogens is 1200 g/mol. The van der Waals surface area contributed by atoms with Gasteiger partial charge in [0.2, 0.25) is 0 Å². The number of pyridine rings is 4. The SMILES string of the molecule is C.CC(C)(C)OC(=O)c1ccc(NC(=O)c2cccc(-c3cc(Br)c4ncnn4c3)c2)cc1.CC1CCCN1c1cccc(N)n1.CC1CCCN1c1cccc(Nc2cc(-c3cccc(C(=O)Nc4ccc(C(=O)OC(C)(C)C)cc4)c3)cn3ncnc23)n1. The summed E-state index contributed by atoms with van der Waals surface area (Å²) in [7, 11) is 0. The molecule has 6 aromatic heterocycles. The molecule has 0 bridgehead atoms. The van der Waals surface area contributed by atoms with Gasteiger partial charge in [-0.15, -0.1) is 0 Å². The van der Waals surface area contributed by atoms with E-state index in [1.165, 1.54) is 38.3 Å². The van der Waals surface area contributed by atoms with E-state index in [2.05, 4.69) is 80.7 Å². The fraction of sp³-hybridized carbons (Fsp3) is 0.275. The van der Waals surface area contributed by atoms with Gasteiger partial charge in [-0.1, -0.05) is 43.8 Å². The summed E-state index contributed by atoms with van der Waals surface area (Å²) in [5.74, 6) is 1.96.